The molecule has 0 fully saturated rings. The minimum absolute atomic E-state index is 0.00906. The second-order valence-corrected chi connectivity index (χ2v) is 3.99. The molecule has 6 nitrogen and oxygen atoms in total. The molecule has 0 saturated carbocycles. The van der Waals surface area contributed by atoms with Crippen LogP contribution in [0.5, 0.6) is 0 Å². The Balaban J connectivity index is 2.21. The summed E-state index contributed by atoms with van der Waals surface area (Å²) >= 11 is 0. The highest BCUT2D eigenvalue weighted by Gasteiger charge is 2.13. The number of nitro groups is 1. The molecule has 7 heteroatoms. The second-order valence-electron chi connectivity index (χ2n) is 3.99. The summed E-state index contributed by atoms with van der Waals surface area (Å²) in [5, 5.41) is 13.2. The van der Waals surface area contributed by atoms with Crippen LogP contribution in [0.25, 0.3) is 0 Å². The smallest absolute Gasteiger partial charge is 0.294 e. The lowest BCUT2D eigenvalue weighted by molar-refractivity contribution is -0.383. The zero-order valence-electron chi connectivity index (χ0n) is 10.2. The van der Waals surface area contributed by atoms with Gasteiger partial charge in [0.1, 0.15) is 11.5 Å². The van der Waals surface area contributed by atoms with E-state index in [1.54, 1.807) is 0 Å². The molecule has 0 aliphatic carbocycles. The lowest BCUT2D eigenvalue weighted by Gasteiger charge is -2.06. The fourth-order valence-corrected chi connectivity index (χ4v) is 1.58. The molecule has 2 aromatic carbocycles. The molecular formula is C13H10FN3O3. The normalized spacial score (nSPS) is 10.1. The second kappa shape index (κ2) is 5.35. The van der Waals surface area contributed by atoms with E-state index in [0.717, 1.165) is 18.2 Å². The lowest BCUT2D eigenvalue weighted by atomic mass is 10.2. The summed E-state index contributed by atoms with van der Waals surface area (Å²) < 4.78 is 12.7. The molecule has 0 bridgehead atoms. The minimum atomic E-state index is -0.636. The summed E-state index contributed by atoms with van der Waals surface area (Å²) in [6, 6.07) is 8.88. The maximum Gasteiger partial charge on any atom is 0.294 e. The lowest BCUT2D eigenvalue weighted by Crippen LogP contribution is -2.12. The van der Waals surface area contributed by atoms with Crippen LogP contribution in [0.4, 0.5) is 21.5 Å². The highest BCUT2D eigenvalue weighted by Crippen LogP contribution is 2.25. The number of halogens is 1. The van der Waals surface area contributed by atoms with Crippen LogP contribution in [-0.2, 0) is 0 Å². The fourth-order valence-electron chi connectivity index (χ4n) is 1.58. The Kier molecular flexibility index (Phi) is 3.60. The largest absolute Gasteiger partial charge is 0.393 e. The van der Waals surface area contributed by atoms with Gasteiger partial charge in [0.15, 0.2) is 0 Å². The quantitative estimate of drug-likeness (QED) is 0.511. The van der Waals surface area contributed by atoms with Crippen molar-refractivity contribution in [2.45, 2.75) is 0 Å². The van der Waals surface area contributed by atoms with Gasteiger partial charge in [0, 0.05) is 17.3 Å². The van der Waals surface area contributed by atoms with Gasteiger partial charge in [-0.05, 0) is 36.4 Å². The summed E-state index contributed by atoms with van der Waals surface area (Å²) in [6.07, 6.45) is 0. The van der Waals surface area contributed by atoms with Crippen LogP contribution in [0.15, 0.2) is 42.5 Å². The number of carbonyl (C=O) groups excluding carboxylic acids is 1. The molecule has 2 aromatic rings. The molecule has 0 radical (unpaired) electrons. The van der Waals surface area contributed by atoms with Crippen LogP contribution in [0.2, 0.25) is 0 Å². The third-order valence-electron chi connectivity index (χ3n) is 2.59. The van der Waals surface area contributed by atoms with E-state index in [2.05, 4.69) is 5.32 Å². The van der Waals surface area contributed by atoms with Gasteiger partial charge in [-0.15, -0.1) is 0 Å². The van der Waals surface area contributed by atoms with E-state index in [9.17, 15) is 19.3 Å². The van der Waals surface area contributed by atoms with Crippen LogP contribution in [0.1, 0.15) is 10.4 Å². The number of amides is 1. The number of rotatable bonds is 3. The van der Waals surface area contributed by atoms with Crippen LogP contribution < -0.4 is 11.1 Å². The third-order valence-corrected chi connectivity index (χ3v) is 2.59. The van der Waals surface area contributed by atoms with Gasteiger partial charge >= 0.3 is 0 Å². The van der Waals surface area contributed by atoms with E-state index in [-0.39, 0.29) is 22.6 Å². The van der Waals surface area contributed by atoms with Gasteiger partial charge in [-0.25, -0.2) is 4.39 Å². The summed E-state index contributed by atoms with van der Waals surface area (Å²) in [7, 11) is 0. The van der Waals surface area contributed by atoms with Crippen molar-refractivity contribution in [3.63, 3.8) is 0 Å². The topological polar surface area (TPSA) is 98.3 Å². The zero-order chi connectivity index (χ0) is 14.7. The van der Waals surface area contributed by atoms with E-state index in [4.69, 9.17) is 5.73 Å². The molecule has 0 aliphatic rings. The number of nitrogen functional groups attached to an aromatic ring is 1. The summed E-state index contributed by atoms with van der Waals surface area (Å²) in [6.45, 7) is 0. The summed E-state index contributed by atoms with van der Waals surface area (Å²) in [5.41, 5.74) is 5.65. The van der Waals surface area contributed by atoms with E-state index < -0.39 is 16.6 Å². The molecule has 0 atom stereocenters. The number of anilines is 2. The van der Waals surface area contributed by atoms with Gasteiger partial charge in [0.05, 0.1) is 4.92 Å². The molecule has 1 amide bonds. The highest BCUT2D eigenvalue weighted by molar-refractivity contribution is 6.04. The van der Waals surface area contributed by atoms with Crippen LogP contribution in [0, 0.1) is 15.9 Å². The van der Waals surface area contributed by atoms with Crippen molar-refractivity contribution in [3.05, 3.63) is 64.0 Å². The first-order valence-electron chi connectivity index (χ1n) is 5.58. The van der Waals surface area contributed by atoms with Gasteiger partial charge in [0.25, 0.3) is 11.6 Å². The van der Waals surface area contributed by atoms with E-state index >= 15 is 0 Å². The predicted molar refractivity (Wildman–Crippen MR) is 71.9 cm³/mol. The Hall–Kier alpha value is -2.96. The molecule has 0 aromatic heterocycles. The number of hydrogen-bond donors (Lipinski definition) is 2. The molecule has 102 valence electrons. The number of nitrogens with zero attached hydrogens (tertiary/aromatic N) is 1. The molecule has 2 rings (SSSR count). The maximum absolute atomic E-state index is 12.7. The summed E-state index contributed by atoms with van der Waals surface area (Å²) in [5.74, 6) is -0.950. The molecule has 0 aliphatic heterocycles. The van der Waals surface area contributed by atoms with Crippen molar-refractivity contribution in [2.24, 2.45) is 0 Å². The molecule has 0 heterocycles. The van der Waals surface area contributed by atoms with Crippen molar-refractivity contribution < 1.29 is 14.1 Å². The van der Waals surface area contributed by atoms with Crippen LogP contribution >= 0.6 is 0 Å². The van der Waals surface area contributed by atoms with Crippen molar-refractivity contribution in [1.29, 1.82) is 0 Å². The van der Waals surface area contributed by atoms with Crippen molar-refractivity contribution >= 4 is 23.0 Å². The number of nitrogens with two attached hydrogens (primary N) is 1. The Bertz CT molecular complexity index is 671. The average Bonchev–Trinajstić information content (AvgIpc) is 2.41. The molecule has 0 unspecified atom stereocenters. The van der Waals surface area contributed by atoms with Crippen molar-refractivity contribution in [2.75, 3.05) is 11.1 Å². The number of nitrogens with one attached hydrogen (secondary N) is 1. The Labute approximate surface area is 113 Å². The fraction of sp³-hybridized carbons (Fsp3) is 0. The number of carbonyl (C=O) groups is 1. The van der Waals surface area contributed by atoms with Gasteiger partial charge in [-0.2, -0.15) is 0 Å². The summed E-state index contributed by atoms with van der Waals surface area (Å²) in [4.78, 5) is 22.0. The van der Waals surface area contributed by atoms with Crippen molar-refractivity contribution in [1.82, 2.24) is 0 Å². The van der Waals surface area contributed by atoms with Gasteiger partial charge < -0.3 is 11.1 Å². The number of benzene rings is 2. The first-order valence-corrected chi connectivity index (χ1v) is 5.58. The SMILES string of the molecule is Nc1ccc(NC(=O)c2ccc(F)cc2)cc1[N+](=O)[O-]. The van der Waals surface area contributed by atoms with Crippen molar-refractivity contribution in [3.8, 4) is 0 Å². The molecule has 20 heavy (non-hydrogen) atoms. The highest BCUT2D eigenvalue weighted by atomic mass is 19.1. The Morgan fingerprint density at radius 1 is 1.20 bits per heavy atom. The van der Waals surface area contributed by atoms with Gasteiger partial charge in [-0.3, -0.25) is 14.9 Å². The Morgan fingerprint density at radius 2 is 1.85 bits per heavy atom. The molecule has 3 N–H and O–H groups in total. The molecule has 0 spiro atoms. The minimum Gasteiger partial charge on any atom is -0.393 e. The van der Waals surface area contributed by atoms with E-state index in [0.29, 0.717) is 0 Å². The third kappa shape index (κ3) is 2.89. The van der Waals surface area contributed by atoms with Crippen LogP contribution in [-0.4, -0.2) is 10.8 Å². The number of hydrogen-bond acceptors (Lipinski definition) is 4. The van der Waals surface area contributed by atoms with Crippen LogP contribution in [0.3, 0.4) is 0 Å². The zero-order valence-corrected chi connectivity index (χ0v) is 10.2. The van der Waals surface area contributed by atoms with Gasteiger partial charge in [0.2, 0.25) is 0 Å². The van der Waals surface area contributed by atoms with E-state index in [1.165, 1.54) is 24.3 Å². The molecular weight excluding hydrogens is 265 g/mol. The molecule has 0 saturated heterocycles. The maximum atomic E-state index is 12.7. The first-order chi connectivity index (χ1) is 9.47. The first kappa shape index (κ1) is 13.5. The van der Waals surface area contributed by atoms with E-state index in [1.807, 2.05) is 0 Å². The van der Waals surface area contributed by atoms with Gasteiger partial charge in [-0.1, -0.05) is 0 Å². The number of nitro benzene ring substituents is 1. The monoisotopic (exact) mass is 275 g/mol. The Morgan fingerprint density at radius 3 is 2.45 bits per heavy atom. The average molecular weight is 275 g/mol. The predicted octanol–water partition coefficient (Wildman–Crippen LogP) is 2.57. The standard InChI is InChI=1S/C13H10FN3O3/c14-9-3-1-8(2-4-9)13(18)16-10-5-6-11(15)12(7-10)17(19)20/h1-7H,15H2,(H,16,18).